The van der Waals surface area contributed by atoms with Crippen LogP contribution in [0.15, 0.2) is 18.2 Å². The van der Waals surface area contributed by atoms with Crippen LogP contribution in [0.25, 0.3) is 0 Å². The van der Waals surface area contributed by atoms with E-state index in [1.165, 1.54) is 0 Å². The van der Waals surface area contributed by atoms with Crippen LogP contribution in [0.4, 0.5) is 5.69 Å². The van der Waals surface area contributed by atoms with Crippen LogP contribution in [0.5, 0.6) is 5.75 Å². The molecule has 0 radical (unpaired) electrons. The fraction of sp³-hybridized carbons (Fsp3) is 0.652. The number of rotatable bonds is 9. The number of esters is 1. The van der Waals surface area contributed by atoms with Crippen molar-refractivity contribution in [3.05, 3.63) is 23.8 Å². The molecule has 1 aliphatic rings. The number of anilines is 1. The first kappa shape index (κ1) is 23.2. The molecule has 0 heterocycles. The van der Waals surface area contributed by atoms with Gasteiger partial charge < -0.3 is 19.5 Å². The maximum atomic E-state index is 13.1. The number of hydrogen-bond acceptors (Lipinski definition) is 5. The Kier molecular flexibility index (Phi) is 8.50. The SMILES string of the molecule is CCOC(=O)c1cc(NC(=O)[C@@]2(OCC)CCC[C@H](C)C2)ccc1OCC(C)C. The summed E-state index contributed by atoms with van der Waals surface area (Å²) in [5.74, 6) is 0.595. The Morgan fingerprint density at radius 3 is 2.62 bits per heavy atom. The monoisotopic (exact) mass is 405 g/mol. The number of hydrogen-bond donors (Lipinski definition) is 1. The molecule has 6 nitrogen and oxygen atoms in total. The van der Waals surface area contributed by atoms with Gasteiger partial charge in [0, 0.05) is 12.3 Å². The van der Waals surface area contributed by atoms with Gasteiger partial charge in [-0.25, -0.2) is 4.79 Å². The van der Waals surface area contributed by atoms with Gasteiger partial charge >= 0.3 is 5.97 Å². The van der Waals surface area contributed by atoms with E-state index in [1.54, 1.807) is 25.1 Å². The predicted octanol–water partition coefficient (Wildman–Crippen LogP) is 4.82. The molecule has 1 aliphatic carbocycles. The van der Waals surface area contributed by atoms with E-state index in [4.69, 9.17) is 14.2 Å². The zero-order valence-corrected chi connectivity index (χ0v) is 18.4. The molecule has 29 heavy (non-hydrogen) atoms. The van der Waals surface area contributed by atoms with E-state index >= 15 is 0 Å². The molecule has 0 aliphatic heterocycles. The van der Waals surface area contributed by atoms with Crippen molar-refractivity contribution >= 4 is 17.6 Å². The Bertz CT molecular complexity index is 699. The first-order valence-corrected chi connectivity index (χ1v) is 10.7. The Morgan fingerprint density at radius 2 is 2.00 bits per heavy atom. The lowest BCUT2D eigenvalue weighted by atomic mass is 9.78. The summed E-state index contributed by atoms with van der Waals surface area (Å²) in [6.45, 7) is 11.1. The van der Waals surface area contributed by atoms with Crippen molar-refractivity contribution in [2.45, 2.75) is 65.9 Å². The van der Waals surface area contributed by atoms with E-state index in [-0.39, 0.29) is 12.5 Å². The quantitative estimate of drug-likeness (QED) is 0.596. The van der Waals surface area contributed by atoms with Crippen molar-refractivity contribution in [3.8, 4) is 5.75 Å². The van der Waals surface area contributed by atoms with Gasteiger partial charge in [-0.15, -0.1) is 0 Å². The van der Waals surface area contributed by atoms with Gasteiger partial charge in [-0.05, 0) is 63.1 Å². The maximum Gasteiger partial charge on any atom is 0.341 e. The average Bonchev–Trinajstić information content (AvgIpc) is 2.67. The second-order valence-electron chi connectivity index (χ2n) is 8.22. The molecule has 6 heteroatoms. The molecule has 1 aromatic rings. The van der Waals surface area contributed by atoms with Gasteiger partial charge in [0.1, 0.15) is 16.9 Å². The molecule has 1 saturated carbocycles. The maximum absolute atomic E-state index is 13.1. The summed E-state index contributed by atoms with van der Waals surface area (Å²) in [7, 11) is 0. The van der Waals surface area contributed by atoms with E-state index in [1.807, 2.05) is 20.8 Å². The van der Waals surface area contributed by atoms with E-state index in [0.29, 0.717) is 54.9 Å². The molecule has 2 rings (SSSR count). The molecular formula is C23H35NO5. The van der Waals surface area contributed by atoms with Crippen LogP contribution in [-0.2, 0) is 14.3 Å². The number of ether oxygens (including phenoxy) is 3. The predicted molar refractivity (Wildman–Crippen MR) is 113 cm³/mol. The van der Waals surface area contributed by atoms with Gasteiger partial charge in [0.05, 0.1) is 13.2 Å². The van der Waals surface area contributed by atoms with Gasteiger partial charge in [0.2, 0.25) is 0 Å². The third-order valence-electron chi connectivity index (χ3n) is 5.10. The van der Waals surface area contributed by atoms with E-state index in [2.05, 4.69) is 12.2 Å². The Balaban J connectivity index is 2.25. The molecule has 1 fully saturated rings. The number of benzene rings is 1. The van der Waals surface area contributed by atoms with Gasteiger partial charge in [-0.1, -0.05) is 27.2 Å². The van der Waals surface area contributed by atoms with Crippen LogP contribution in [0, 0.1) is 11.8 Å². The largest absolute Gasteiger partial charge is 0.492 e. The molecule has 1 aromatic carbocycles. The molecule has 162 valence electrons. The summed E-state index contributed by atoms with van der Waals surface area (Å²) < 4.78 is 16.9. The topological polar surface area (TPSA) is 73.9 Å². The van der Waals surface area contributed by atoms with Gasteiger partial charge in [-0.2, -0.15) is 0 Å². The third kappa shape index (κ3) is 6.20. The van der Waals surface area contributed by atoms with E-state index < -0.39 is 11.6 Å². The molecule has 0 aromatic heterocycles. The second kappa shape index (κ2) is 10.6. The summed E-state index contributed by atoms with van der Waals surface area (Å²) in [5, 5.41) is 2.96. The minimum Gasteiger partial charge on any atom is -0.492 e. The van der Waals surface area contributed by atoms with Crippen LogP contribution in [0.3, 0.4) is 0 Å². The highest BCUT2D eigenvalue weighted by Crippen LogP contribution is 2.36. The molecule has 2 atom stereocenters. The molecule has 0 unspecified atom stereocenters. The number of carbonyl (C=O) groups excluding carboxylic acids is 2. The van der Waals surface area contributed by atoms with Crippen molar-refractivity contribution in [2.75, 3.05) is 25.1 Å². The standard InChI is InChI=1S/C23H35NO5/c1-6-27-21(25)19-13-18(10-11-20(19)28-15-16(3)4)24-22(26)23(29-7-2)12-8-9-17(5)14-23/h10-11,13,16-17H,6-9,12,14-15H2,1-5H3,(H,24,26)/t17-,23+/m0/s1. The van der Waals surface area contributed by atoms with Crippen LogP contribution >= 0.6 is 0 Å². The molecule has 0 bridgehead atoms. The van der Waals surface area contributed by atoms with E-state index in [0.717, 1.165) is 12.8 Å². The average molecular weight is 406 g/mol. The van der Waals surface area contributed by atoms with Crippen LogP contribution in [0.2, 0.25) is 0 Å². The fourth-order valence-corrected chi connectivity index (χ4v) is 3.79. The van der Waals surface area contributed by atoms with Crippen molar-refractivity contribution < 1.29 is 23.8 Å². The Hall–Kier alpha value is -2.08. The van der Waals surface area contributed by atoms with Crippen LogP contribution < -0.4 is 10.1 Å². The second-order valence-corrected chi connectivity index (χ2v) is 8.22. The van der Waals surface area contributed by atoms with Crippen LogP contribution in [0.1, 0.15) is 70.7 Å². The molecular weight excluding hydrogens is 370 g/mol. The molecule has 1 N–H and O–H groups in total. The summed E-state index contributed by atoms with van der Waals surface area (Å²) in [6, 6.07) is 5.08. The van der Waals surface area contributed by atoms with Crippen molar-refractivity contribution in [1.29, 1.82) is 0 Å². The molecule has 1 amide bonds. The van der Waals surface area contributed by atoms with E-state index in [9.17, 15) is 9.59 Å². The highest BCUT2D eigenvalue weighted by Gasteiger charge is 2.42. The van der Waals surface area contributed by atoms with Gasteiger partial charge in [0.15, 0.2) is 0 Å². The lowest BCUT2D eigenvalue weighted by Crippen LogP contribution is -2.48. The zero-order chi connectivity index (χ0) is 21.4. The minimum atomic E-state index is -0.816. The summed E-state index contributed by atoms with van der Waals surface area (Å²) in [6.07, 6.45) is 3.48. The van der Waals surface area contributed by atoms with Crippen molar-refractivity contribution in [2.24, 2.45) is 11.8 Å². The summed E-state index contributed by atoms with van der Waals surface area (Å²) in [4.78, 5) is 25.6. The lowest BCUT2D eigenvalue weighted by Gasteiger charge is -2.38. The van der Waals surface area contributed by atoms with Crippen molar-refractivity contribution in [3.63, 3.8) is 0 Å². The third-order valence-corrected chi connectivity index (χ3v) is 5.10. The molecule has 0 saturated heterocycles. The number of nitrogens with one attached hydrogen (secondary N) is 1. The lowest BCUT2D eigenvalue weighted by molar-refractivity contribution is -0.147. The van der Waals surface area contributed by atoms with Gasteiger partial charge in [0.25, 0.3) is 5.91 Å². The first-order valence-electron chi connectivity index (χ1n) is 10.7. The first-order chi connectivity index (χ1) is 13.8. The summed E-state index contributed by atoms with van der Waals surface area (Å²) >= 11 is 0. The Morgan fingerprint density at radius 1 is 1.24 bits per heavy atom. The number of amides is 1. The highest BCUT2D eigenvalue weighted by molar-refractivity contribution is 5.99. The van der Waals surface area contributed by atoms with Crippen molar-refractivity contribution in [1.82, 2.24) is 0 Å². The normalized spacial score (nSPS) is 21.7. The smallest absolute Gasteiger partial charge is 0.341 e. The molecule has 0 spiro atoms. The fourth-order valence-electron chi connectivity index (χ4n) is 3.79. The number of carbonyl (C=O) groups is 2. The summed E-state index contributed by atoms with van der Waals surface area (Å²) in [5.41, 5.74) is 0.0311. The highest BCUT2D eigenvalue weighted by atomic mass is 16.5. The van der Waals surface area contributed by atoms with Crippen LogP contribution in [-0.4, -0.2) is 37.3 Å². The Labute approximate surface area is 174 Å². The minimum absolute atomic E-state index is 0.156. The zero-order valence-electron chi connectivity index (χ0n) is 18.4. The van der Waals surface area contributed by atoms with Gasteiger partial charge in [-0.3, -0.25) is 4.79 Å².